The number of carbonyl (C=O) groups excluding carboxylic acids is 1. The van der Waals surface area contributed by atoms with Crippen LogP contribution in [0.4, 0.5) is 4.79 Å². The van der Waals surface area contributed by atoms with Crippen molar-refractivity contribution in [2.75, 3.05) is 18.6 Å². The first kappa shape index (κ1) is 16.1. The summed E-state index contributed by atoms with van der Waals surface area (Å²) in [7, 11) is 0. The Kier molecular flexibility index (Phi) is 9.71. The van der Waals surface area contributed by atoms with Crippen LogP contribution in [0.1, 0.15) is 32.6 Å². The van der Waals surface area contributed by atoms with E-state index in [2.05, 4.69) is 12.2 Å². The molecule has 0 bridgehead atoms. The van der Waals surface area contributed by atoms with Crippen molar-refractivity contribution >= 4 is 23.8 Å². The SMILES string of the molecule is CCCCCOC(=O)N[C@@H](CCSC)C(=O)O. The third kappa shape index (κ3) is 8.85. The Bertz CT molecular complexity index is 236. The van der Waals surface area contributed by atoms with Gasteiger partial charge in [0, 0.05) is 0 Å². The fourth-order valence-electron chi connectivity index (χ4n) is 1.19. The van der Waals surface area contributed by atoms with Crippen LogP contribution in [-0.2, 0) is 9.53 Å². The Labute approximate surface area is 106 Å². The number of carboxylic acids is 1. The Hall–Kier alpha value is -0.910. The lowest BCUT2D eigenvalue weighted by atomic mass is 10.2. The molecular weight excluding hydrogens is 242 g/mol. The summed E-state index contributed by atoms with van der Waals surface area (Å²) in [6.45, 7) is 2.40. The van der Waals surface area contributed by atoms with E-state index in [1.54, 1.807) is 11.8 Å². The van der Waals surface area contributed by atoms with Gasteiger partial charge in [-0.25, -0.2) is 9.59 Å². The number of rotatable bonds is 9. The van der Waals surface area contributed by atoms with Crippen molar-refractivity contribution < 1.29 is 19.4 Å². The minimum Gasteiger partial charge on any atom is -0.480 e. The van der Waals surface area contributed by atoms with E-state index in [1.165, 1.54) is 0 Å². The molecule has 2 N–H and O–H groups in total. The molecule has 1 amide bonds. The van der Waals surface area contributed by atoms with Gasteiger partial charge in [0.1, 0.15) is 6.04 Å². The van der Waals surface area contributed by atoms with E-state index in [0.29, 0.717) is 18.8 Å². The maximum absolute atomic E-state index is 11.3. The molecule has 0 aliphatic carbocycles. The lowest BCUT2D eigenvalue weighted by Gasteiger charge is -2.13. The average molecular weight is 263 g/mol. The van der Waals surface area contributed by atoms with Gasteiger partial charge in [0.2, 0.25) is 0 Å². The van der Waals surface area contributed by atoms with Gasteiger partial charge in [-0.1, -0.05) is 19.8 Å². The molecular formula is C11H21NO4S. The number of carbonyl (C=O) groups is 2. The van der Waals surface area contributed by atoms with Crippen molar-refractivity contribution in [1.29, 1.82) is 0 Å². The number of nitrogens with one attached hydrogen (secondary N) is 1. The Morgan fingerprint density at radius 1 is 1.41 bits per heavy atom. The quantitative estimate of drug-likeness (QED) is 0.623. The summed E-state index contributed by atoms with van der Waals surface area (Å²) >= 11 is 1.54. The van der Waals surface area contributed by atoms with E-state index in [-0.39, 0.29) is 0 Å². The van der Waals surface area contributed by atoms with Crippen molar-refractivity contribution in [3.63, 3.8) is 0 Å². The molecule has 0 rings (SSSR count). The van der Waals surface area contributed by atoms with Gasteiger partial charge in [-0.05, 0) is 24.9 Å². The predicted molar refractivity (Wildman–Crippen MR) is 68.4 cm³/mol. The molecule has 0 aromatic heterocycles. The van der Waals surface area contributed by atoms with E-state index in [4.69, 9.17) is 9.84 Å². The summed E-state index contributed by atoms with van der Waals surface area (Å²) < 4.78 is 4.88. The molecule has 0 aromatic rings. The molecule has 100 valence electrons. The van der Waals surface area contributed by atoms with Crippen LogP contribution in [0.2, 0.25) is 0 Å². The minimum atomic E-state index is -1.02. The maximum Gasteiger partial charge on any atom is 0.407 e. The number of ether oxygens (including phenoxy) is 1. The van der Waals surface area contributed by atoms with E-state index in [9.17, 15) is 9.59 Å². The second-order valence-corrected chi connectivity index (χ2v) is 4.65. The average Bonchev–Trinajstić information content (AvgIpc) is 2.29. The van der Waals surface area contributed by atoms with Crippen LogP contribution in [0.15, 0.2) is 0 Å². The van der Waals surface area contributed by atoms with Crippen molar-refractivity contribution in [3.05, 3.63) is 0 Å². The summed E-state index contributed by atoms with van der Waals surface area (Å²) in [5, 5.41) is 11.2. The zero-order valence-electron chi connectivity index (χ0n) is 10.4. The molecule has 0 heterocycles. The van der Waals surface area contributed by atoms with Gasteiger partial charge in [-0.2, -0.15) is 11.8 Å². The summed E-state index contributed by atoms with van der Waals surface area (Å²) in [6, 6.07) is -0.860. The molecule has 0 saturated carbocycles. The molecule has 5 nitrogen and oxygen atoms in total. The van der Waals surface area contributed by atoms with Gasteiger partial charge in [0.25, 0.3) is 0 Å². The zero-order chi connectivity index (χ0) is 13.1. The van der Waals surface area contributed by atoms with Crippen LogP contribution in [0.3, 0.4) is 0 Å². The number of carboxylic acid groups (broad SMARTS) is 1. The number of hydrogen-bond acceptors (Lipinski definition) is 4. The highest BCUT2D eigenvalue weighted by atomic mass is 32.2. The Balaban J connectivity index is 3.83. The molecule has 0 aromatic carbocycles. The Morgan fingerprint density at radius 2 is 2.12 bits per heavy atom. The lowest BCUT2D eigenvalue weighted by Crippen LogP contribution is -2.41. The molecule has 17 heavy (non-hydrogen) atoms. The van der Waals surface area contributed by atoms with Crippen LogP contribution in [0, 0.1) is 0 Å². The van der Waals surface area contributed by atoms with Crippen LogP contribution in [0.25, 0.3) is 0 Å². The normalized spacial score (nSPS) is 11.9. The van der Waals surface area contributed by atoms with Crippen molar-refractivity contribution in [2.45, 2.75) is 38.6 Å². The number of unbranched alkanes of at least 4 members (excludes halogenated alkanes) is 2. The van der Waals surface area contributed by atoms with Gasteiger partial charge in [0.15, 0.2) is 0 Å². The molecule has 0 fully saturated rings. The monoisotopic (exact) mass is 263 g/mol. The Morgan fingerprint density at radius 3 is 2.65 bits per heavy atom. The summed E-state index contributed by atoms with van der Waals surface area (Å²) in [4.78, 5) is 22.1. The van der Waals surface area contributed by atoms with Gasteiger partial charge in [0.05, 0.1) is 6.61 Å². The first-order chi connectivity index (χ1) is 8.11. The minimum absolute atomic E-state index is 0.342. The molecule has 0 unspecified atom stereocenters. The lowest BCUT2D eigenvalue weighted by molar-refractivity contribution is -0.139. The highest BCUT2D eigenvalue weighted by molar-refractivity contribution is 7.98. The molecule has 0 aliphatic heterocycles. The maximum atomic E-state index is 11.3. The van der Waals surface area contributed by atoms with Crippen molar-refractivity contribution in [1.82, 2.24) is 5.32 Å². The first-order valence-electron chi connectivity index (χ1n) is 5.76. The third-order valence-corrected chi connectivity index (χ3v) is 2.83. The molecule has 1 atom stereocenters. The largest absolute Gasteiger partial charge is 0.480 e. The van der Waals surface area contributed by atoms with E-state index in [1.807, 2.05) is 6.26 Å². The van der Waals surface area contributed by atoms with E-state index in [0.717, 1.165) is 19.3 Å². The number of thioether (sulfide) groups is 1. The summed E-state index contributed by atoms with van der Waals surface area (Å²) in [5.74, 6) is -0.336. The van der Waals surface area contributed by atoms with Crippen LogP contribution < -0.4 is 5.32 Å². The second-order valence-electron chi connectivity index (χ2n) is 3.66. The van der Waals surface area contributed by atoms with Gasteiger partial charge < -0.3 is 15.2 Å². The highest BCUT2D eigenvalue weighted by Crippen LogP contribution is 2.02. The smallest absolute Gasteiger partial charge is 0.407 e. The molecule has 0 aliphatic rings. The standard InChI is InChI=1S/C11H21NO4S/c1-3-4-5-7-16-11(15)12-9(10(13)14)6-8-17-2/h9H,3-8H2,1-2H3,(H,12,15)(H,13,14)/t9-/m0/s1. The fourth-order valence-corrected chi connectivity index (χ4v) is 1.67. The third-order valence-electron chi connectivity index (χ3n) is 2.18. The topological polar surface area (TPSA) is 75.6 Å². The van der Waals surface area contributed by atoms with Crippen LogP contribution in [-0.4, -0.2) is 41.8 Å². The van der Waals surface area contributed by atoms with Crippen LogP contribution >= 0.6 is 11.8 Å². The number of amides is 1. The number of alkyl carbamates (subject to hydrolysis) is 1. The van der Waals surface area contributed by atoms with E-state index < -0.39 is 18.1 Å². The molecule has 6 heteroatoms. The fraction of sp³-hybridized carbons (Fsp3) is 0.818. The van der Waals surface area contributed by atoms with Gasteiger partial charge in [-0.15, -0.1) is 0 Å². The number of hydrogen-bond donors (Lipinski definition) is 2. The zero-order valence-corrected chi connectivity index (χ0v) is 11.2. The summed E-state index contributed by atoms with van der Waals surface area (Å²) in [5.41, 5.74) is 0. The summed E-state index contributed by atoms with van der Waals surface area (Å²) in [6.07, 6.45) is 4.52. The van der Waals surface area contributed by atoms with E-state index >= 15 is 0 Å². The predicted octanol–water partition coefficient (Wildman–Crippen LogP) is 2.11. The molecule has 0 radical (unpaired) electrons. The molecule has 0 saturated heterocycles. The highest BCUT2D eigenvalue weighted by Gasteiger charge is 2.19. The van der Waals surface area contributed by atoms with Crippen molar-refractivity contribution in [3.8, 4) is 0 Å². The van der Waals surface area contributed by atoms with Gasteiger partial charge in [-0.3, -0.25) is 0 Å². The van der Waals surface area contributed by atoms with Crippen LogP contribution in [0.5, 0.6) is 0 Å². The number of aliphatic carboxylic acids is 1. The van der Waals surface area contributed by atoms with Crippen molar-refractivity contribution in [2.24, 2.45) is 0 Å². The first-order valence-corrected chi connectivity index (χ1v) is 7.16. The van der Waals surface area contributed by atoms with Gasteiger partial charge >= 0.3 is 12.1 Å². The molecule has 0 spiro atoms. The second kappa shape index (κ2) is 10.3.